The highest BCUT2D eigenvalue weighted by molar-refractivity contribution is 5.85. The minimum Gasteiger partial charge on any atom is -0.506 e. The van der Waals surface area contributed by atoms with E-state index >= 15 is 0 Å². The van der Waals surface area contributed by atoms with E-state index in [4.69, 9.17) is 0 Å². The van der Waals surface area contributed by atoms with Crippen molar-refractivity contribution in [2.45, 2.75) is 39.4 Å². The van der Waals surface area contributed by atoms with Crippen LogP contribution < -0.4 is 5.32 Å². The van der Waals surface area contributed by atoms with E-state index in [-0.39, 0.29) is 12.4 Å². The maximum atomic E-state index is 9.79. The number of aryl methyl sites for hydroxylation is 1. The van der Waals surface area contributed by atoms with E-state index in [1.165, 1.54) is 0 Å². The number of nitrogens with zero attached hydrogens (tertiary/aromatic N) is 2. The van der Waals surface area contributed by atoms with Crippen LogP contribution >= 0.6 is 12.4 Å². The first-order valence-corrected chi connectivity index (χ1v) is 6.18. The Hall–Kier alpha value is -0.840. The average molecular weight is 272 g/mol. The minimum atomic E-state index is 0. The summed E-state index contributed by atoms with van der Waals surface area (Å²) >= 11 is 0. The van der Waals surface area contributed by atoms with E-state index in [1.54, 1.807) is 6.07 Å². The number of piperazine rings is 1. The van der Waals surface area contributed by atoms with Gasteiger partial charge in [-0.25, -0.2) is 0 Å². The molecule has 2 rings (SSSR count). The molecule has 1 aromatic rings. The number of nitrogens with one attached hydrogen (secondary N) is 1. The maximum absolute atomic E-state index is 9.79. The van der Waals surface area contributed by atoms with E-state index in [1.807, 2.05) is 13.0 Å². The van der Waals surface area contributed by atoms with E-state index in [0.717, 1.165) is 31.0 Å². The molecular formula is C13H22ClN3O. The Morgan fingerprint density at radius 2 is 1.94 bits per heavy atom. The highest BCUT2D eigenvalue weighted by atomic mass is 35.5. The predicted molar refractivity (Wildman–Crippen MR) is 75.2 cm³/mol. The fraction of sp³-hybridized carbons (Fsp3) is 0.615. The van der Waals surface area contributed by atoms with Crippen molar-refractivity contribution in [1.82, 2.24) is 15.2 Å². The molecule has 1 saturated heterocycles. The summed E-state index contributed by atoms with van der Waals surface area (Å²) in [5.41, 5.74) is 1.74. The van der Waals surface area contributed by atoms with Crippen molar-refractivity contribution in [2.75, 3.05) is 13.1 Å². The zero-order chi connectivity index (χ0) is 12.4. The molecule has 0 aromatic carbocycles. The average Bonchev–Trinajstić information content (AvgIpc) is 2.22. The van der Waals surface area contributed by atoms with Crippen molar-refractivity contribution in [3.63, 3.8) is 0 Å². The number of hydrogen-bond donors (Lipinski definition) is 2. The Morgan fingerprint density at radius 1 is 1.33 bits per heavy atom. The van der Waals surface area contributed by atoms with Crippen LogP contribution in [0.15, 0.2) is 12.1 Å². The fourth-order valence-electron chi connectivity index (χ4n) is 2.50. The molecule has 0 amide bonds. The Kier molecular flexibility index (Phi) is 5.38. The van der Waals surface area contributed by atoms with Crippen LogP contribution in [0.3, 0.4) is 0 Å². The van der Waals surface area contributed by atoms with Gasteiger partial charge in [-0.3, -0.25) is 9.88 Å². The molecule has 0 saturated carbocycles. The first-order chi connectivity index (χ1) is 8.04. The third-order valence-corrected chi connectivity index (χ3v) is 3.10. The van der Waals surface area contributed by atoms with Crippen LogP contribution in [0, 0.1) is 6.92 Å². The van der Waals surface area contributed by atoms with Crippen LogP contribution in [-0.2, 0) is 6.54 Å². The van der Waals surface area contributed by atoms with Gasteiger partial charge in [-0.15, -0.1) is 12.4 Å². The summed E-state index contributed by atoms with van der Waals surface area (Å²) in [6.07, 6.45) is 0. The molecule has 2 heterocycles. The topological polar surface area (TPSA) is 48.4 Å². The third-order valence-electron chi connectivity index (χ3n) is 3.10. The molecule has 1 aromatic heterocycles. The largest absolute Gasteiger partial charge is 0.506 e. The number of hydrogen-bond acceptors (Lipinski definition) is 4. The molecule has 102 valence electrons. The summed E-state index contributed by atoms with van der Waals surface area (Å²) in [6, 6.07) is 4.55. The Morgan fingerprint density at radius 3 is 2.56 bits per heavy atom. The molecule has 5 heteroatoms. The Labute approximate surface area is 115 Å². The molecule has 1 aliphatic heterocycles. The van der Waals surface area contributed by atoms with Gasteiger partial charge in [0.25, 0.3) is 0 Å². The van der Waals surface area contributed by atoms with Crippen molar-refractivity contribution in [3.8, 4) is 5.75 Å². The first-order valence-electron chi connectivity index (χ1n) is 6.18. The van der Waals surface area contributed by atoms with Crippen molar-refractivity contribution in [1.29, 1.82) is 0 Å². The van der Waals surface area contributed by atoms with Crippen molar-refractivity contribution in [3.05, 3.63) is 23.5 Å². The second kappa shape index (κ2) is 6.36. The molecular weight excluding hydrogens is 250 g/mol. The van der Waals surface area contributed by atoms with Crippen LogP contribution in [-0.4, -0.2) is 40.2 Å². The minimum absolute atomic E-state index is 0. The third kappa shape index (κ3) is 3.83. The molecule has 0 radical (unpaired) electrons. The standard InChI is InChI=1S/C13H21N3O.ClH/c1-9-4-5-13(17)12(15-9)8-16-6-10(2)14-11(3)7-16;/h4-5,10-11,14,17H,6-8H2,1-3H3;1H. The van der Waals surface area contributed by atoms with Gasteiger partial charge in [0.05, 0.1) is 5.69 Å². The second-order valence-corrected chi connectivity index (χ2v) is 5.08. The van der Waals surface area contributed by atoms with Crippen LogP contribution in [0.4, 0.5) is 0 Å². The highest BCUT2D eigenvalue weighted by Crippen LogP contribution is 2.18. The quantitative estimate of drug-likeness (QED) is 0.860. The molecule has 18 heavy (non-hydrogen) atoms. The first kappa shape index (κ1) is 15.2. The van der Waals surface area contributed by atoms with Gasteiger partial charge < -0.3 is 10.4 Å². The van der Waals surface area contributed by atoms with Gasteiger partial charge in [-0.2, -0.15) is 0 Å². The molecule has 0 bridgehead atoms. The molecule has 1 aliphatic rings. The molecule has 2 N–H and O–H groups in total. The molecule has 4 nitrogen and oxygen atoms in total. The Bertz CT molecular complexity index is 390. The Balaban J connectivity index is 0.00000162. The molecule has 0 spiro atoms. The SMILES string of the molecule is Cc1ccc(O)c(CN2CC(C)NC(C)C2)n1.Cl. The zero-order valence-corrected chi connectivity index (χ0v) is 12.0. The number of aromatic nitrogens is 1. The van der Waals surface area contributed by atoms with E-state index in [2.05, 4.69) is 29.0 Å². The van der Waals surface area contributed by atoms with E-state index in [9.17, 15) is 5.11 Å². The van der Waals surface area contributed by atoms with Gasteiger partial charge in [0.15, 0.2) is 0 Å². The summed E-state index contributed by atoms with van der Waals surface area (Å²) in [5, 5.41) is 13.3. The van der Waals surface area contributed by atoms with Crippen molar-refractivity contribution >= 4 is 12.4 Å². The summed E-state index contributed by atoms with van der Waals surface area (Å²) in [7, 11) is 0. The zero-order valence-electron chi connectivity index (χ0n) is 11.2. The summed E-state index contributed by atoms with van der Waals surface area (Å²) in [6.45, 7) is 9.05. The molecule has 2 atom stereocenters. The monoisotopic (exact) mass is 271 g/mol. The lowest BCUT2D eigenvalue weighted by Gasteiger charge is -2.36. The predicted octanol–water partition coefficient (Wildman–Crippen LogP) is 1.70. The molecule has 2 unspecified atom stereocenters. The number of aromatic hydroxyl groups is 1. The highest BCUT2D eigenvalue weighted by Gasteiger charge is 2.21. The lowest BCUT2D eigenvalue weighted by molar-refractivity contribution is 0.163. The van der Waals surface area contributed by atoms with Crippen molar-refractivity contribution < 1.29 is 5.11 Å². The normalized spacial score (nSPS) is 24.6. The van der Waals surface area contributed by atoms with Gasteiger partial charge in [0.1, 0.15) is 5.75 Å². The van der Waals surface area contributed by atoms with Gasteiger partial charge in [-0.05, 0) is 32.9 Å². The molecule has 0 aliphatic carbocycles. The van der Waals surface area contributed by atoms with Crippen LogP contribution in [0.1, 0.15) is 25.2 Å². The van der Waals surface area contributed by atoms with Gasteiger partial charge >= 0.3 is 0 Å². The van der Waals surface area contributed by atoms with Gasteiger partial charge in [-0.1, -0.05) is 0 Å². The van der Waals surface area contributed by atoms with E-state index in [0.29, 0.717) is 17.8 Å². The smallest absolute Gasteiger partial charge is 0.138 e. The number of pyridine rings is 1. The number of halogens is 1. The van der Waals surface area contributed by atoms with Gasteiger partial charge in [0.2, 0.25) is 0 Å². The maximum Gasteiger partial charge on any atom is 0.138 e. The lowest BCUT2D eigenvalue weighted by atomic mass is 10.1. The van der Waals surface area contributed by atoms with Gasteiger partial charge in [0, 0.05) is 37.4 Å². The second-order valence-electron chi connectivity index (χ2n) is 5.08. The van der Waals surface area contributed by atoms with Crippen LogP contribution in [0.25, 0.3) is 0 Å². The summed E-state index contributed by atoms with van der Waals surface area (Å²) < 4.78 is 0. The fourth-order valence-corrected chi connectivity index (χ4v) is 2.50. The summed E-state index contributed by atoms with van der Waals surface area (Å²) in [4.78, 5) is 6.75. The van der Waals surface area contributed by atoms with Crippen molar-refractivity contribution in [2.24, 2.45) is 0 Å². The lowest BCUT2D eigenvalue weighted by Crippen LogP contribution is -2.53. The van der Waals surface area contributed by atoms with Crippen LogP contribution in [0.2, 0.25) is 0 Å². The molecule has 1 fully saturated rings. The van der Waals surface area contributed by atoms with E-state index < -0.39 is 0 Å². The summed E-state index contributed by atoms with van der Waals surface area (Å²) in [5.74, 6) is 0.300. The van der Waals surface area contributed by atoms with Crippen LogP contribution in [0.5, 0.6) is 5.75 Å². The number of rotatable bonds is 2.